The molecule has 1 aliphatic carbocycles. The minimum Gasteiger partial charge on any atom is -0.468 e. The Bertz CT molecular complexity index is 302. The molecule has 0 aromatic carbocycles. The van der Waals surface area contributed by atoms with Crippen LogP contribution in [0.15, 0.2) is 0 Å². The van der Waals surface area contributed by atoms with Gasteiger partial charge in [-0.25, -0.2) is 0 Å². The van der Waals surface area contributed by atoms with Crippen LogP contribution < -0.4 is 0 Å². The second-order valence-corrected chi connectivity index (χ2v) is 4.58. The van der Waals surface area contributed by atoms with E-state index in [4.69, 9.17) is 0 Å². The molecule has 0 aromatic rings. The summed E-state index contributed by atoms with van der Waals surface area (Å²) in [5, 5.41) is 0. The van der Waals surface area contributed by atoms with Gasteiger partial charge in [-0.05, 0) is 12.8 Å². The molecule has 16 heavy (non-hydrogen) atoms. The maximum Gasteiger partial charge on any atom is 0.316 e. The van der Waals surface area contributed by atoms with Gasteiger partial charge in [0.25, 0.3) is 0 Å². The van der Waals surface area contributed by atoms with Crippen LogP contribution in [0.3, 0.4) is 0 Å². The predicted molar refractivity (Wildman–Crippen MR) is 57.7 cm³/mol. The summed E-state index contributed by atoms with van der Waals surface area (Å²) in [7, 11) is 1.24. The van der Waals surface area contributed by atoms with Crippen LogP contribution in [0.4, 0.5) is 0 Å². The number of Topliss-reactive ketones (excluding diaryl/α,β-unsaturated/α-hetero) is 2. The van der Waals surface area contributed by atoms with Gasteiger partial charge in [0.2, 0.25) is 0 Å². The Morgan fingerprint density at radius 1 is 1.25 bits per heavy atom. The molecule has 1 fully saturated rings. The van der Waals surface area contributed by atoms with Crippen molar-refractivity contribution in [2.75, 3.05) is 7.11 Å². The number of rotatable bonds is 6. The van der Waals surface area contributed by atoms with Crippen LogP contribution >= 0.6 is 0 Å². The number of esters is 1. The number of ketones is 2. The summed E-state index contributed by atoms with van der Waals surface area (Å²) in [5.41, 5.74) is 0. The lowest BCUT2D eigenvalue weighted by Gasteiger charge is -2.14. The highest BCUT2D eigenvalue weighted by molar-refractivity contribution is 6.03. The first-order valence-electron chi connectivity index (χ1n) is 5.61. The first-order valence-corrected chi connectivity index (χ1v) is 5.61. The second-order valence-electron chi connectivity index (χ2n) is 4.58. The normalized spacial score (nSPS) is 17.0. The van der Waals surface area contributed by atoms with Crippen molar-refractivity contribution in [2.45, 2.75) is 33.1 Å². The van der Waals surface area contributed by atoms with E-state index in [0.29, 0.717) is 0 Å². The number of ether oxygens (including phenoxy) is 1. The number of carbonyl (C=O) groups excluding carboxylic acids is 3. The average molecular weight is 226 g/mol. The van der Waals surface area contributed by atoms with Crippen molar-refractivity contribution in [1.29, 1.82) is 0 Å². The lowest BCUT2D eigenvalue weighted by Crippen LogP contribution is -2.31. The van der Waals surface area contributed by atoms with Crippen molar-refractivity contribution >= 4 is 17.5 Å². The molecule has 1 saturated carbocycles. The zero-order chi connectivity index (χ0) is 12.3. The third-order valence-corrected chi connectivity index (χ3v) is 2.84. The molecule has 0 amide bonds. The van der Waals surface area contributed by atoms with Crippen LogP contribution in [-0.4, -0.2) is 24.6 Å². The summed E-state index contributed by atoms with van der Waals surface area (Å²) in [6.07, 6.45) is 1.79. The highest BCUT2D eigenvalue weighted by Gasteiger charge is 2.36. The Labute approximate surface area is 95.3 Å². The fourth-order valence-corrected chi connectivity index (χ4v) is 1.62. The first kappa shape index (κ1) is 12.9. The molecule has 4 heteroatoms. The molecule has 1 atom stereocenters. The molecule has 0 heterocycles. The summed E-state index contributed by atoms with van der Waals surface area (Å²) in [5.74, 6) is -1.86. The van der Waals surface area contributed by atoms with E-state index >= 15 is 0 Å². The maximum atomic E-state index is 11.8. The smallest absolute Gasteiger partial charge is 0.316 e. The van der Waals surface area contributed by atoms with E-state index in [0.717, 1.165) is 12.8 Å². The molecule has 1 unspecified atom stereocenters. The molecule has 0 aliphatic heterocycles. The van der Waals surface area contributed by atoms with E-state index in [-0.39, 0.29) is 29.8 Å². The van der Waals surface area contributed by atoms with Gasteiger partial charge in [-0.1, -0.05) is 13.8 Å². The topological polar surface area (TPSA) is 60.4 Å². The molecule has 1 rings (SSSR count). The quantitative estimate of drug-likeness (QED) is 0.507. The monoisotopic (exact) mass is 226 g/mol. The van der Waals surface area contributed by atoms with Gasteiger partial charge >= 0.3 is 5.97 Å². The average Bonchev–Trinajstić information content (AvgIpc) is 3.06. The van der Waals surface area contributed by atoms with E-state index < -0.39 is 11.9 Å². The summed E-state index contributed by atoms with van der Waals surface area (Å²) in [6.45, 7) is 3.44. The van der Waals surface area contributed by atoms with Crippen LogP contribution in [-0.2, 0) is 19.1 Å². The molecular weight excluding hydrogens is 208 g/mol. The molecule has 0 radical (unpaired) electrons. The lowest BCUT2D eigenvalue weighted by atomic mass is 9.90. The number of hydrogen-bond acceptors (Lipinski definition) is 4. The van der Waals surface area contributed by atoms with Gasteiger partial charge in [-0.15, -0.1) is 0 Å². The van der Waals surface area contributed by atoms with E-state index in [1.807, 2.05) is 0 Å². The van der Waals surface area contributed by atoms with Crippen LogP contribution in [0.25, 0.3) is 0 Å². The van der Waals surface area contributed by atoms with Crippen molar-refractivity contribution in [3.63, 3.8) is 0 Å². The number of methoxy groups -OCH3 is 1. The summed E-state index contributed by atoms with van der Waals surface area (Å²) in [4.78, 5) is 34.8. The minimum absolute atomic E-state index is 0.00829. The highest BCUT2D eigenvalue weighted by Crippen LogP contribution is 2.32. The van der Waals surface area contributed by atoms with Crippen LogP contribution in [0.5, 0.6) is 0 Å². The molecule has 0 bridgehead atoms. The third kappa shape index (κ3) is 3.15. The molecule has 4 nitrogen and oxygen atoms in total. The van der Waals surface area contributed by atoms with Crippen molar-refractivity contribution in [3.8, 4) is 0 Å². The molecule has 0 spiro atoms. The maximum absolute atomic E-state index is 11.8. The first-order chi connectivity index (χ1) is 7.47. The van der Waals surface area contributed by atoms with E-state index in [9.17, 15) is 14.4 Å². The van der Waals surface area contributed by atoms with Gasteiger partial charge in [-0.2, -0.15) is 0 Å². The fraction of sp³-hybridized carbons (Fsp3) is 0.750. The summed E-state index contributed by atoms with van der Waals surface area (Å²) < 4.78 is 4.57. The largest absolute Gasteiger partial charge is 0.468 e. The van der Waals surface area contributed by atoms with Crippen LogP contribution in [0.2, 0.25) is 0 Å². The molecule has 0 N–H and O–H groups in total. The van der Waals surface area contributed by atoms with E-state index in [1.165, 1.54) is 7.11 Å². The van der Waals surface area contributed by atoms with Gasteiger partial charge in [0.1, 0.15) is 17.5 Å². The third-order valence-electron chi connectivity index (χ3n) is 2.84. The Kier molecular flexibility index (Phi) is 4.21. The van der Waals surface area contributed by atoms with Crippen molar-refractivity contribution in [1.82, 2.24) is 0 Å². The zero-order valence-electron chi connectivity index (χ0n) is 9.99. The molecule has 0 saturated heterocycles. The fourth-order valence-electron chi connectivity index (χ4n) is 1.62. The summed E-state index contributed by atoms with van der Waals surface area (Å²) in [6, 6.07) is 0. The second kappa shape index (κ2) is 5.23. The zero-order valence-corrected chi connectivity index (χ0v) is 9.99. The number of hydrogen-bond donors (Lipinski definition) is 0. The van der Waals surface area contributed by atoms with E-state index in [1.54, 1.807) is 13.8 Å². The Balaban J connectivity index is 2.66. The van der Waals surface area contributed by atoms with E-state index in [2.05, 4.69) is 4.74 Å². The van der Waals surface area contributed by atoms with Gasteiger partial charge in [-0.3, -0.25) is 14.4 Å². The highest BCUT2D eigenvalue weighted by atomic mass is 16.5. The van der Waals surface area contributed by atoms with Crippen molar-refractivity contribution < 1.29 is 19.1 Å². The lowest BCUT2D eigenvalue weighted by molar-refractivity contribution is -0.152. The Hall–Kier alpha value is -1.19. The molecule has 90 valence electrons. The standard InChI is InChI=1S/C12H18O4/c1-7(2)11(14)9(12(15)16-3)6-10(13)8-4-5-8/h7-9H,4-6H2,1-3H3. The van der Waals surface area contributed by atoms with Gasteiger partial charge in [0.15, 0.2) is 0 Å². The van der Waals surface area contributed by atoms with Gasteiger partial charge in [0, 0.05) is 18.3 Å². The molecule has 0 aromatic heterocycles. The molecular formula is C12H18O4. The van der Waals surface area contributed by atoms with Crippen LogP contribution in [0, 0.1) is 17.8 Å². The van der Waals surface area contributed by atoms with Crippen molar-refractivity contribution in [2.24, 2.45) is 17.8 Å². The Morgan fingerprint density at radius 2 is 1.81 bits per heavy atom. The van der Waals surface area contributed by atoms with Gasteiger partial charge < -0.3 is 4.74 Å². The Morgan fingerprint density at radius 3 is 2.19 bits per heavy atom. The SMILES string of the molecule is COC(=O)C(CC(=O)C1CC1)C(=O)C(C)C. The summed E-state index contributed by atoms with van der Waals surface area (Å²) >= 11 is 0. The number of carbonyl (C=O) groups is 3. The molecule has 1 aliphatic rings. The predicted octanol–water partition coefficient (Wildman–Crippen LogP) is 1.37. The van der Waals surface area contributed by atoms with Crippen LogP contribution in [0.1, 0.15) is 33.1 Å². The van der Waals surface area contributed by atoms with Crippen molar-refractivity contribution in [3.05, 3.63) is 0 Å². The van der Waals surface area contributed by atoms with Gasteiger partial charge in [0.05, 0.1) is 7.11 Å². The minimum atomic E-state index is -0.905.